The summed E-state index contributed by atoms with van der Waals surface area (Å²) in [4.78, 5) is 4.32. The molecule has 2 aliphatic rings. The SMILES string of the molecule is Brc1nccc2c1CC1(CCCC1)C2. The molecule has 1 nitrogen and oxygen atoms in total. The molecule has 2 heteroatoms. The number of aromatic nitrogens is 1. The fraction of sp³-hybridized carbons (Fsp3) is 0.583. The van der Waals surface area contributed by atoms with Gasteiger partial charge in [-0.15, -0.1) is 0 Å². The number of hydrogen-bond acceptors (Lipinski definition) is 1. The van der Waals surface area contributed by atoms with Crippen molar-refractivity contribution in [3.63, 3.8) is 0 Å². The van der Waals surface area contributed by atoms with Crippen molar-refractivity contribution >= 4 is 15.9 Å². The molecule has 74 valence electrons. The molecule has 1 saturated carbocycles. The molecule has 14 heavy (non-hydrogen) atoms. The summed E-state index contributed by atoms with van der Waals surface area (Å²) in [6.45, 7) is 0. The van der Waals surface area contributed by atoms with E-state index >= 15 is 0 Å². The van der Waals surface area contributed by atoms with Crippen LogP contribution in [0.5, 0.6) is 0 Å². The lowest BCUT2D eigenvalue weighted by Gasteiger charge is -2.21. The zero-order chi connectivity index (χ0) is 9.60. The number of nitrogens with zero attached hydrogens (tertiary/aromatic N) is 1. The van der Waals surface area contributed by atoms with Gasteiger partial charge < -0.3 is 0 Å². The number of fused-ring (bicyclic) bond motifs is 1. The maximum absolute atomic E-state index is 4.32. The highest BCUT2D eigenvalue weighted by atomic mass is 79.9. The summed E-state index contributed by atoms with van der Waals surface area (Å²) < 4.78 is 1.08. The first-order valence-corrected chi connectivity index (χ1v) is 6.21. The first-order chi connectivity index (χ1) is 6.79. The Labute approximate surface area is 93.1 Å². The van der Waals surface area contributed by atoms with Crippen LogP contribution < -0.4 is 0 Å². The van der Waals surface area contributed by atoms with Gasteiger partial charge in [-0.3, -0.25) is 0 Å². The van der Waals surface area contributed by atoms with E-state index in [2.05, 4.69) is 27.0 Å². The predicted octanol–water partition coefficient (Wildman–Crippen LogP) is 3.50. The van der Waals surface area contributed by atoms with Gasteiger partial charge in [0.15, 0.2) is 0 Å². The van der Waals surface area contributed by atoms with E-state index in [4.69, 9.17) is 0 Å². The van der Waals surface area contributed by atoms with E-state index in [1.807, 2.05) is 6.20 Å². The molecule has 0 unspecified atom stereocenters. The molecule has 0 radical (unpaired) electrons. The van der Waals surface area contributed by atoms with Gasteiger partial charge in [0.1, 0.15) is 4.60 Å². The van der Waals surface area contributed by atoms with E-state index in [0.717, 1.165) is 4.60 Å². The second kappa shape index (κ2) is 3.06. The molecule has 0 amide bonds. The molecule has 1 spiro atoms. The van der Waals surface area contributed by atoms with Crippen LogP contribution in [0, 0.1) is 5.41 Å². The third-order valence-electron chi connectivity index (χ3n) is 3.88. The van der Waals surface area contributed by atoms with Gasteiger partial charge in [0.2, 0.25) is 0 Å². The summed E-state index contributed by atoms with van der Waals surface area (Å²) in [5.74, 6) is 0. The molecule has 0 atom stereocenters. The zero-order valence-electron chi connectivity index (χ0n) is 8.22. The van der Waals surface area contributed by atoms with E-state index in [1.165, 1.54) is 49.7 Å². The third-order valence-corrected chi connectivity index (χ3v) is 4.57. The van der Waals surface area contributed by atoms with E-state index in [9.17, 15) is 0 Å². The largest absolute Gasteiger partial charge is 0.249 e. The molecule has 2 aliphatic carbocycles. The van der Waals surface area contributed by atoms with Gasteiger partial charge >= 0.3 is 0 Å². The maximum atomic E-state index is 4.32. The number of pyridine rings is 1. The van der Waals surface area contributed by atoms with Crippen molar-refractivity contribution in [2.45, 2.75) is 38.5 Å². The van der Waals surface area contributed by atoms with Crippen LogP contribution in [0.25, 0.3) is 0 Å². The van der Waals surface area contributed by atoms with Crippen LogP contribution in [-0.4, -0.2) is 4.98 Å². The van der Waals surface area contributed by atoms with E-state index in [0.29, 0.717) is 5.41 Å². The average molecular weight is 252 g/mol. The number of halogens is 1. The molecule has 0 saturated heterocycles. The van der Waals surface area contributed by atoms with Crippen LogP contribution in [0.15, 0.2) is 16.9 Å². The number of hydrogen-bond donors (Lipinski definition) is 0. The van der Waals surface area contributed by atoms with E-state index in [1.54, 1.807) is 0 Å². The lowest BCUT2D eigenvalue weighted by molar-refractivity contribution is 0.317. The molecule has 0 bridgehead atoms. The van der Waals surface area contributed by atoms with Gasteiger partial charge in [0, 0.05) is 6.20 Å². The summed E-state index contributed by atoms with van der Waals surface area (Å²) in [6.07, 6.45) is 10.2. The highest BCUT2D eigenvalue weighted by Gasteiger charge is 2.40. The van der Waals surface area contributed by atoms with Crippen LogP contribution in [0.2, 0.25) is 0 Å². The average Bonchev–Trinajstić information content (AvgIpc) is 2.75. The predicted molar refractivity (Wildman–Crippen MR) is 60.2 cm³/mol. The molecule has 1 fully saturated rings. The summed E-state index contributed by atoms with van der Waals surface area (Å²) in [7, 11) is 0. The molecular weight excluding hydrogens is 238 g/mol. The van der Waals surface area contributed by atoms with Gasteiger partial charge in [0.05, 0.1) is 0 Å². The molecule has 3 rings (SSSR count). The normalized spacial score (nSPS) is 22.9. The van der Waals surface area contributed by atoms with Crippen LogP contribution in [0.3, 0.4) is 0 Å². The maximum Gasteiger partial charge on any atom is 0.109 e. The smallest absolute Gasteiger partial charge is 0.109 e. The lowest BCUT2D eigenvalue weighted by atomic mass is 9.83. The summed E-state index contributed by atoms with van der Waals surface area (Å²) in [5.41, 5.74) is 3.64. The molecule has 1 aromatic rings. The highest BCUT2D eigenvalue weighted by Crippen LogP contribution is 2.49. The highest BCUT2D eigenvalue weighted by molar-refractivity contribution is 9.10. The summed E-state index contributed by atoms with van der Waals surface area (Å²) in [5, 5.41) is 0. The molecule has 1 aromatic heterocycles. The second-order valence-electron chi connectivity index (χ2n) is 4.80. The Balaban J connectivity index is 2.00. The fourth-order valence-corrected chi connectivity index (χ4v) is 3.69. The van der Waals surface area contributed by atoms with Gasteiger partial charge in [-0.05, 0) is 64.2 Å². The van der Waals surface area contributed by atoms with Crippen molar-refractivity contribution in [1.29, 1.82) is 0 Å². The molecule has 1 heterocycles. The Morgan fingerprint density at radius 1 is 1.21 bits per heavy atom. The molecule has 0 aromatic carbocycles. The van der Waals surface area contributed by atoms with Gasteiger partial charge in [-0.2, -0.15) is 0 Å². The monoisotopic (exact) mass is 251 g/mol. The first-order valence-electron chi connectivity index (χ1n) is 5.41. The Bertz CT molecular complexity index is 367. The van der Waals surface area contributed by atoms with Crippen LogP contribution in [-0.2, 0) is 12.8 Å². The van der Waals surface area contributed by atoms with Crippen molar-refractivity contribution in [1.82, 2.24) is 4.98 Å². The van der Waals surface area contributed by atoms with Gasteiger partial charge in [0.25, 0.3) is 0 Å². The van der Waals surface area contributed by atoms with Crippen molar-refractivity contribution in [3.05, 3.63) is 28.0 Å². The van der Waals surface area contributed by atoms with Crippen LogP contribution in [0.1, 0.15) is 36.8 Å². The van der Waals surface area contributed by atoms with Crippen molar-refractivity contribution in [2.75, 3.05) is 0 Å². The van der Waals surface area contributed by atoms with Crippen LogP contribution in [0.4, 0.5) is 0 Å². The van der Waals surface area contributed by atoms with Crippen LogP contribution >= 0.6 is 15.9 Å². The Kier molecular flexibility index (Phi) is 1.94. The minimum absolute atomic E-state index is 0.619. The lowest BCUT2D eigenvalue weighted by Crippen LogP contribution is -2.15. The Hall–Kier alpha value is -0.370. The minimum Gasteiger partial charge on any atom is -0.249 e. The zero-order valence-corrected chi connectivity index (χ0v) is 9.81. The third kappa shape index (κ3) is 1.23. The number of rotatable bonds is 0. The summed E-state index contributed by atoms with van der Waals surface area (Å²) in [6, 6.07) is 2.20. The Morgan fingerprint density at radius 2 is 2.00 bits per heavy atom. The first kappa shape index (κ1) is 8.90. The van der Waals surface area contributed by atoms with E-state index < -0.39 is 0 Å². The standard InChI is InChI=1S/C12H14BrN/c13-11-10-8-12(4-1-2-5-12)7-9(10)3-6-14-11/h3,6H,1-2,4-5,7-8H2. The fourth-order valence-electron chi connectivity index (χ4n) is 3.18. The van der Waals surface area contributed by atoms with E-state index in [-0.39, 0.29) is 0 Å². The van der Waals surface area contributed by atoms with Crippen molar-refractivity contribution in [3.8, 4) is 0 Å². The molecular formula is C12H14BrN. The second-order valence-corrected chi connectivity index (χ2v) is 5.55. The topological polar surface area (TPSA) is 12.9 Å². The van der Waals surface area contributed by atoms with Gasteiger partial charge in [-0.1, -0.05) is 12.8 Å². The minimum atomic E-state index is 0.619. The Morgan fingerprint density at radius 3 is 2.71 bits per heavy atom. The van der Waals surface area contributed by atoms with Crippen molar-refractivity contribution in [2.24, 2.45) is 5.41 Å². The molecule has 0 aliphatic heterocycles. The molecule has 0 N–H and O–H groups in total. The quantitative estimate of drug-likeness (QED) is 0.644. The summed E-state index contributed by atoms with van der Waals surface area (Å²) >= 11 is 3.57. The van der Waals surface area contributed by atoms with Gasteiger partial charge in [-0.25, -0.2) is 4.98 Å². The van der Waals surface area contributed by atoms with Crippen molar-refractivity contribution < 1.29 is 0 Å².